The second-order valence-corrected chi connectivity index (χ2v) is 7.55. The molecular formula is C19H24N4O4. The first-order valence-electron chi connectivity index (χ1n) is 8.92. The van der Waals surface area contributed by atoms with Crippen LogP contribution in [-0.2, 0) is 14.3 Å². The Hall–Kier alpha value is -2.86. The van der Waals surface area contributed by atoms with Crippen LogP contribution in [0.1, 0.15) is 33.3 Å². The van der Waals surface area contributed by atoms with Gasteiger partial charge in [0.05, 0.1) is 0 Å². The molecule has 2 aliphatic heterocycles. The average molecular weight is 372 g/mol. The fourth-order valence-corrected chi connectivity index (χ4v) is 2.96. The van der Waals surface area contributed by atoms with E-state index < -0.39 is 5.60 Å². The zero-order valence-electron chi connectivity index (χ0n) is 16.1. The summed E-state index contributed by atoms with van der Waals surface area (Å²) in [6.07, 6.45) is 3.18. The standard InChI is InChI=1S/C19H24N4O4/c1-13-15(12-26-16(13)11-24)14-9-20-17(21-10-14)22-5-7-23(8-6-22)18(25)27-19(2,3)4/h9-10H,5-8,12H2,1-4H3. The fourth-order valence-electron chi connectivity index (χ4n) is 2.96. The van der Waals surface area contributed by atoms with Gasteiger partial charge in [0.1, 0.15) is 12.2 Å². The third-order valence-electron chi connectivity index (χ3n) is 4.45. The smallest absolute Gasteiger partial charge is 0.410 e. The van der Waals surface area contributed by atoms with Crippen LogP contribution < -0.4 is 4.90 Å². The van der Waals surface area contributed by atoms with E-state index in [2.05, 4.69) is 9.97 Å². The molecular weight excluding hydrogens is 348 g/mol. The Morgan fingerprint density at radius 1 is 1.19 bits per heavy atom. The van der Waals surface area contributed by atoms with Crippen molar-refractivity contribution in [1.82, 2.24) is 14.9 Å². The highest BCUT2D eigenvalue weighted by Crippen LogP contribution is 2.29. The van der Waals surface area contributed by atoms with Crippen molar-refractivity contribution >= 4 is 23.6 Å². The molecule has 0 N–H and O–H groups in total. The van der Waals surface area contributed by atoms with E-state index in [1.54, 1.807) is 23.2 Å². The first-order chi connectivity index (χ1) is 12.8. The van der Waals surface area contributed by atoms with E-state index in [0.717, 1.165) is 16.7 Å². The van der Waals surface area contributed by atoms with Gasteiger partial charge >= 0.3 is 6.09 Å². The fraction of sp³-hybridized carbons (Fsp3) is 0.526. The lowest BCUT2D eigenvalue weighted by Gasteiger charge is -2.35. The second-order valence-electron chi connectivity index (χ2n) is 7.55. The zero-order chi connectivity index (χ0) is 19.6. The van der Waals surface area contributed by atoms with Gasteiger partial charge in [0.25, 0.3) is 0 Å². The molecule has 27 heavy (non-hydrogen) atoms. The molecule has 8 nitrogen and oxygen atoms in total. The number of carbonyl (C=O) groups is 1. The second kappa shape index (κ2) is 7.40. The summed E-state index contributed by atoms with van der Waals surface area (Å²) in [5.41, 5.74) is 2.00. The normalized spacial score (nSPS) is 17.7. The molecule has 0 radical (unpaired) electrons. The van der Waals surface area contributed by atoms with Crippen LogP contribution in [0.4, 0.5) is 10.7 Å². The Labute approximate surface area is 158 Å². The molecule has 0 bridgehead atoms. The van der Waals surface area contributed by atoms with Gasteiger partial charge in [-0.1, -0.05) is 0 Å². The number of aromatic nitrogens is 2. The Bertz CT molecular complexity index is 796. The van der Waals surface area contributed by atoms with Gasteiger partial charge in [-0.3, -0.25) is 0 Å². The molecule has 1 aromatic heterocycles. The van der Waals surface area contributed by atoms with Crippen LogP contribution in [0, 0.1) is 0 Å². The maximum Gasteiger partial charge on any atom is 0.410 e. The quantitative estimate of drug-likeness (QED) is 0.735. The Balaban J connectivity index is 1.62. The van der Waals surface area contributed by atoms with Crippen LogP contribution in [0.15, 0.2) is 23.7 Å². The average Bonchev–Trinajstić information content (AvgIpc) is 3.01. The molecule has 0 aliphatic carbocycles. The van der Waals surface area contributed by atoms with E-state index in [1.165, 1.54) is 0 Å². The van der Waals surface area contributed by atoms with Gasteiger partial charge in [-0.2, -0.15) is 0 Å². The van der Waals surface area contributed by atoms with E-state index >= 15 is 0 Å². The van der Waals surface area contributed by atoms with Crippen molar-refractivity contribution in [1.29, 1.82) is 0 Å². The van der Waals surface area contributed by atoms with Crippen molar-refractivity contribution in [3.05, 3.63) is 29.3 Å². The molecule has 1 aromatic rings. The molecule has 0 unspecified atom stereocenters. The molecule has 1 fully saturated rings. The molecule has 8 heteroatoms. The number of hydrogen-bond donors (Lipinski definition) is 0. The number of amides is 1. The van der Waals surface area contributed by atoms with E-state index in [4.69, 9.17) is 9.47 Å². The first kappa shape index (κ1) is 18.9. The summed E-state index contributed by atoms with van der Waals surface area (Å²) >= 11 is 0. The van der Waals surface area contributed by atoms with Crippen molar-refractivity contribution in [3.63, 3.8) is 0 Å². The number of ether oxygens (including phenoxy) is 2. The molecule has 0 aromatic carbocycles. The maximum atomic E-state index is 12.1. The predicted octanol–water partition coefficient (Wildman–Crippen LogP) is 2.05. The number of piperazine rings is 1. The van der Waals surface area contributed by atoms with E-state index in [0.29, 0.717) is 38.7 Å². The molecule has 0 saturated carbocycles. The van der Waals surface area contributed by atoms with Crippen molar-refractivity contribution in [2.45, 2.75) is 33.3 Å². The number of nitrogens with zero attached hydrogens (tertiary/aromatic N) is 4. The van der Waals surface area contributed by atoms with E-state index in [1.807, 2.05) is 32.6 Å². The summed E-state index contributed by atoms with van der Waals surface area (Å²) in [4.78, 5) is 35.6. The molecule has 1 amide bonds. The highest BCUT2D eigenvalue weighted by Gasteiger charge is 2.27. The molecule has 0 spiro atoms. The van der Waals surface area contributed by atoms with Gasteiger partial charge in [0, 0.05) is 55.3 Å². The maximum absolute atomic E-state index is 12.1. The van der Waals surface area contributed by atoms with Crippen LogP contribution in [-0.4, -0.2) is 65.3 Å². The van der Waals surface area contributed by atoms with Gasteiger partial charge in [-0.25, -0.2) is 19.6 Å². The minimum atomic E-state index is -0.497. The lowest BCUT2D eigenvalue weighted by molar-refractivity contribution is 0.0240. The SMILES string of the molecule is CC1=C(c2cnc(N3CCN(C(=O)OC(C)(C)C)CC3)nc2)COC1=C=O. The molecule has 1 saturated heterocycles. The van der Waals surface area contributed by atoms with Crippen molar-refractivity contribution in [2.24, 2.45) is 0 Å². The highest BCUT2D eigenvalue weighted by molar-refractivity contribution is 5.78. The Morgan fingerprint density at radius 3 is 2.33 bits per heavy atom. The van der Waals surface area contributed by atoms with E-state index in [-0.39, 0.29) is 11.9 Å². The molecule has 144 valence electrons. The van der Waals surface area contributed by atoms with Gasteiger partial charge < -0.3 is 19.3 Å². The zero-order valence-corrected chi connectivity index (χ0v) is 16.1. The molecule has 3 rings (SSSR count). The Morgan fingerprint density at radius 2 is 1.81 bits per heavy atom. The highest BCUT2D eigenvalue weighted by atomic mass is 16.6. The largest absolute Gasteiger partial charge is 0.478 e. The molecule has 3 heterocycles. The third kappa shape index (κ3) is 4.28. The van der Waals surface area contributed by atoms with Crippen LogP contribution in [0.25, 0.3) is 5.57 Å². The lowest BCUT2D eigenvalue weighted by Crippen LogP contribution is -2.50. The van der Waals surface area contributed by atoms with Crippen molar-refractivity contribution in [2.75, 3.05) is 37.7 Å². The monoisotopic (exact) mass is 372 g/mol. The van der Waals surface area contributed by atoms with Crippen molar-refractivity contribution in [3.8, 4) is 0 Å². The summed E-state index contributed by atoms with van der Waals surface area (Å²) in [6.45, 7) is 10.1. The minimum absolute atomic E-state index is 0.243. The van der Waals surface area contributed by atoms with Gasteiger partial charge in [-0.15, -0.1) is 0 Å². The van der Waals surface area contributed by atoms with Gasteiger partial charge in [-0.05, 0) is 27.7 Å². The summed E-state index contributed by atoms with van der Waals surface area (Å²) in [5.74, 6) is 2.66. The summed E-state index contributed by atoms with van der Waals surface area (Å²) in [5, 5.41) is 0. The molecule has 0 atom stereocenters. The van der Waals surface area contributed by atoms with Gasteiger partial charge in [0.2, 0.25) is 11.7 Å². The first-order valence-corrected chi connectivity index (χ1v) is 8.92. The predicted molar refractivity (Wildman–Crippen MR) is 99.8 cm³/mol. The number of hydrogen-bond acceptors (Lipinski definition) is 7. The minimum Gasteiger partial charge on any atom is -0.478 e. The van der Waals surface area contributed by atoms with E-state index in [9.17, 15) is 9.59 Å². The lowest BCUT2D eigenvalue weighted by atomic mass is 10.1. The number of carbonyl (C=O) groups excluding carboxylic acids is 2. The summed E-state index contributed by atoms with van der Waals surface area (Å²) < 4.78 is 10.7. The topological polar surface area (TPSA) is 84.9 Å². The van der Waals surface area contributed by atoms with Crippen LogP contribution in [0.3, 0.4) is 0 Å². The van der Waals surface area contributed by atoms with Crippen LogP contribution in [0.5, 0.6) is 0 Å². The summed E-state index contributed by atoms with van der Waals surface area (Å²) in [6, 6.07) is 0. The Kier molecular flexibility index (Phi) is 5.19. The third-order valence-corrected chi connectivity index (χ3v) is 4.45. The van der Waals surface area contributed by atoms with Gasteiger partial charge in [0.15, 0.2) is 5.94 Å². The van der Waals surface area contributed by atoms with Crippen LogP contribution >= 0.6 is 0 Å². The number of anilines is 1. The van der Waals surface area contributed by atoms with Crippen LogP contribution in [0.2, 0.25) is 0 Å². The van der Waals surface area contributed by atoms with Crippen molar-refractivity contribution < 1.29 is 19.1 Å². The number of allylic oxidation sites excluding steroid dienone is 1. The molecule has 2 aliphatic rings. The summed E-state index contributed by atoms with van der Waals surface area (Å²) in [7, 11) is 0. The number of rotatable bonds is 2.